The summed E-state index contributed by atoms with van der Waals surface area (Å²) < 4.78 is 17.2. The maximum atomic E-state index is 12.5. The fraction of sp³-hybridized carbons (Fsp3) is 0.174. The van der Waals surface area contributed by atoms with Crippen LogP contribution in [0.5, 0.6) is 17.2 Å². The zero-order valence-corrected chi connectivity index (χ0v) is 17.9. The van der Waals surface area contributed by atoms with E-state index in [9.17, 15) is 4.79 Å². The Morgan fingerprint density at radius 2 is 1.52 bits per heavy atom. The third-order valence-electron chi connectivity index (χ3n) is 4.32. The second kappa shape index (κ2) is 9.98. The van der Waals surface area contributed by atoms with E-state index in [-0.39, 0.29) is 5.91 Å². The highest BCUT2D eigenvalue weighted by Crippen LogP contribution is 2.35. The van der Waals surface area contributed by atoms with Crippen LogP contribution in [-0.2, 0) is 0 Å². The number of rotatable bonds is 8. The van der Waals surface area contributed by atoms with Crippen LogP contribution in [0.4, 0.5) is 0 Å². The molecule has 0 saturated heterocycles. The number of amides is 1. The van der Waals surface area contributed by atoms with E-state index in [1.807, 2.05) is 54.6 Å². The molecule has 3 rings (SSSR count). The monoisotopic (exact) mass is 455 g/mol. The Bertz CT molecular complexity index is 951. The summed E-state index contributed by atoms with van der Waals surface area (Å²) in [4.78, 5) is 12.5. The van der Waals surface area contributed by atoms with Crippen LogP contribution in [0.2, 0.25) is 0 Å². The summed E-state index contributed by atoms with van der Waals surface area (Å²) in [6, 6.07) is 21.2. The SMILES string of the molecule is COc1cc(C(=O)NCCOc2ccccc2-c2ccccc2)cc(OC)c1Br. The van der Waals surface area contributed by atoms with Crippen molar-refractivity contribution in [3.63, 3.8) is 0 Å². The van der Waals surface area contributed by atoms with Crippen LogP contribution >= 0.6 is 15.9 Å². The molecule has 0 unspecified atom stereocenters. The second-order valence-corrected chi connectivity index (χ2v) is 6.95. The Morgan fingerprint density at radius 3 is 2.17 bits per heavy atom. The smallest absolute Gasteiger partial charge is 0.251 e. The van der Waals surface area contributed by atoms with Gasteiger partial charge in [0.1, 0.15) is 28.3 Å². The van der Waals surface area contributed by atoms with E-state index in [0.717, 1.165) is 16.9 Å². The minimum atomic E-state index is -0.228. The number of nitrogens with one attached hydrogen (secondary N) is 1. The van der Waals surface area contributed by atoms with Gasteiger partial charge in [0.05, 0.1) is 20.8 Å². The summed E-state index contributed by atoms with van der Waals surface area (Å²) in [5, 5.41) is 2.86. The molecule has 1 N–H and O–H groups in total. The predicted octanol–water partition coefficient (Wildman–Crippen LogP) is 4.94. The highest BCUT2D eigenvalue weighted by Gasteiger charge is 2.14. The minimum absolute atomic E-state index is 0.228. The molecule has 1 amide bonds. The summed E-state index contributed by atoms with van der Waals surface area (Å²) in [7, 11) is 3.08. The van der Waals surface area contributed by atoms with E-state index in [1.165, 1.54) is 0 Å². The van der Waals surface area contributed by atoms with E-state index < -0.39 is 0 Å². The van der Waals surface area contributed by atoms with Gasteiger partial charge in [-0.05, 0) is 39.7 Å². The van der Waals surface area contributed by atoms with E-state index in [4.69, 9.17) is 14.2 Å². The molecule has 0 fully saturated rings. The number of ether oxygens (including phenoxy) is 3. The first kappa shape index (κ1) is 20.7. The lowest BCUT2D eigenvalue weighted by atomic mass is 10.1. The lowest BCUT2D eigenvalue weighted by Crippen LogP contribution is -2.28. The molecule has 6 heteroatoms. The van der Waals surface area contributed by atoms with Crippen LogP contribution in [0.15, 0.2) is 71.2 Å². The largest absolute Gasteiger partial charge is 0.495 e. The molecule has 0 atom stereocenters. The Balaban J connectivity index is 1.61. The van der Waals surface area contributed by atoms with Crippen molar-refractivity contribution in [3.8, 4) is 28.4 Å². The zero-order valence-electron chi connectivity index (χ0n) is 16.3. The lowest BCUT2D eigenvalue weighted by molar-refractivity contribution is 0.0946. The topological polar surface area (TPSA) is 56.8 Å². The van der Waals surface area contributed by atoms with Gasteiger partial charge in [0.2, 0.25) is 0 Å². The van der Waals surface area contributed by atoms with Crippen molar-refractivity contribution >= 4 is 21.8 Å². The van der Waals surface area contributed by atoms with Crippen LogP contribution < -0.4 is 19.5 Å². The molecular weight excluding hydrogens is 434 g/mol. The number of hydrogen-bond donors (Lipinski definition) is 1. The Labute approximate surface area is 178 Å². The normalized spacial score (nSPS) is 10.3. The third-order valence-corrected chi connectivity index (χ3v) is 5.11. The molecule has 0 aliphatic heterocycles. The minimum Gasteiger partial charge on any atom is -0.495 e. The van der Waals surface area contributed by atoms with Gasteiger partial charge in [-0.1, -0.05) is 48.5 Å². The fourth-order valence-electron chi connectivity index (χ4n) is 2.88. The van der Waals surface area contributed by atoms with E-state index >= 15 is 0 Å². The average Bonchev–Trinajstić information content (AvgIpc) is 2.77. The molecule has 3 aromatic rings. The number of hydrogen-bond acceptors (Lipinski definition) is 4. The van der Waals surface area contributed by atoms with Crippen LogP contribution in [0.25, 0.3) is 11.1 Å². The van der Waals surface area contributed by atoms with Gasteiger partial charge in [0.25, 0.3) is 5.91 Å². The average molecular weight is 456 g/mol. The molecule has 0 aliphatic carbocycles. The number of halogens is 1. The maximum absolute atomic E-state index is 12.5. The van der Waals surface area contributed by atoms with Crippen LogP contribution in [0, 0.1) is 0 Å². The first-order chi connectivity index (χ1) is 14.1. The summed E-state index contributed by atoms with van der Waals surface area (Å²) in [6.45, 7) is 0.711. The van der Waals surface area contributed by atoms with Crippen molar-refractivity contribution in [1.82, 2.24) is 5.32 Å². The summed E-state index contributed by atoms with van der Waals surface area (Å²) in [5.74, 6) is 1.61. The number of benzene rings is 3. The Kier molecular flexibility index (Phi) is 7.14. The van der Waals surface area contributed by atoms with Crippen molar-refractivity contribution in [2.75, 3.05) is 27.4 Å². The van der Waals surface area contributed by atoms with Crippen molar-refractivity contribution in [1.29, 1.82) is 0 Å². The van der Waals surface area contributed by atoms with Gasteiger partial charge in [0, 0.05) is 11.1 Å². The van der Waals surface area contributed by atoms with Gasteiger partial charge in [-0.15, -0.1) is 0 Å². The van der Waals surface area contributed by atoms with Crippen molar-refractivity contribution in [2.24, 2.45) is 0 Å². The standard InChI is InChI=1S/C23H22BrNO4/c1-27-20-14-17(15-21(28-2)22(20)24)23(26)25-12-13-29-19-11-7-6-10-18(19)16-8-4-3-5-9-16/h3-11,14-15H,12-13H2,1-2H3,(H,25,26). The fourth-order valence-corrected chi connectivity index (χ4v) is 3.43. The molecule has 0 bridgehead atoms. The molecule has 29 heavy (non-hydrogen) atoms. The molecule has 0 radical (unpaired) electrons. The van der Waals surface area contributed by atoms with Gasteiger partial charge in [0.15, 0.2) is 0 Å². The predicted molar refractivity (Wildman–Crippen MR) is 117 cm³/mol. The zero-order chi connectivity index (χ0) is 20.6. The first-order valence-corrected chi connectivity index (χ1v) is 9.90. The Hall–Kier alpha value is -2.99. The molecule has 3 aromatic carbocycles. The van der Waals surface area contributed by atoms with Crippen molar-refractivity contribution in [3.05, 3.63) is 76.8 Å². The highest BCUT2D eigenvalue weighted by atomic mass is 79.9. The van der Waals surface area contributed by atoms with Crippen molar-refractivity contribution in [2.45, 2.75) is 0 Å². The molecule has 0 aromatic heterocycles. The summed E-state index contributed by atoms with van der Waals surface area (Å²) in [5.41, 5.74) is 2.55. The summed E-state index contributed by atoms with van der Waals surface area (Å²) in [6.07, 6.45) is 0. The quantitative estimate of drug-likeness (QED) is 0.488. The Morgan fingerprint density at radius 1 is 0.897 bits per heavy atom. The van der Waals surface area contributed by atoms with Crippen LogP contribution in [0.3, 0.4) is 0 Å². The van der Waals surface area contributed by atoms with Gasteiger partial charge < -0.3 is 19.5 Å². The number of para-hydroxylation sites is 1. The van der Waals surface area contributed by atoms with Crippen LogP contribution in [-0.4, -0.2) is 33.3 Å². The van der Waals surface area contributed by atoms with Gasteiger partial charge in [-0.3, -0.25) is 4.79 Å². The van der Waals surface area contributed by atoms with Crippen LogP contribution in [0.1, 0.15) is 10.4 Å². The van der Waals surface area contributed by atoms with E-state index in [0.29, 0.717) is 34.7 Å². The second-order valence-electron chi connectivity index (χ2n) is 6.16. The molecular formula is C23H22BrNO4. The van der Waals surface area contributed by atoms with Gasteiger partial charge >= 0.3 is 0 Å². The maximum Gasteiger partial charge on any atom is 0.251 e. The lowest BCUT2D eigenvalue weighted by Gasteiger charge is -2.13. The van der Waals surface area contributed by atoms with Gasteiger partial charge in [-0.25, -0.2) is 0 Å². The molecule has 0 aliphatic rings. The summed E-state index contributed by atoms with van der Waals surface area (Å²) >= 11 is 3.40. The molecule has 0 heterocycles. The first-order valence-electron chi connectivity index (χ1n) is 9.11. The molecule has 150 valence electrons. The third kappa shape index (κ3) is 5.09. The van der Waals surface area contributed by atoms with Gasteiger partial charge in [-0.2, -0.15) is 0 Å². The van der Waals surface area contributed by atoms with E-state index in [2.05, 4.69) is 21.2 Å². The number of carbonyl (C=O) groups excluding carboxylic acids is 1. The molecule has 0 saturated carbocycles. The van der Waals surface area contributed by atoms with E-state index in [1.54, 1.807) is 26.4 Å². The molecule has 5 nitrogen and oxygen atoms in total. The molecule has 0 spiro atoms. The highest BCUT2D eigenvalue weighted by molar-refractivity contribution is 9.10. The number of methoxy groups -OCH3 is 2. The number of carbonyl (C=O) groups is 1. The van der Waals surface area contributed by atoms with Crippen molar-refractivity contribution < 1.29 is 19.0 Å².